The van der Waals surface area contributed by atoms with Crippen LogP contribution in [0.25, 0.3) is 0 Å². The van der Waals surface area contributed by atoms with Crippen LogP contribution in [0.5, 0.6) is 0 Å². The molecule has 1 amide bonds. The molecular weight excluding hydrogens is 368 g/mol. The summed E-state index contributed by atoms with van der Waals surface area (Å²) in [6.45, 7) is 5.96. The highest BCUT2D eigenvalue weighted by molar-refractivity contribution is 9.10. The molecule has 1 saturated heterocycles. The Balaban J connectivity index is 1.91. The van der Waals surface area contributed by atoms with Gasteiger partial charge in [-0.1, -0.05) is 34.1 Å². The molecule has 1 aliphatic heterocycles. The first-order valence-corrected chi connectivity index (χ1v) is 9.41. The molecule has 2 rings (SSSR count). The second-order valence-electron chi connectivity index (χ2n) is 6.02. The summed E-state index contributed by atoms with van der Waals surface area (Å²) in [6, 6.07) is 8.19. The van der Waals surface area contributed by atoms with Gasteiger partial charge in [0.2, 0.25) is 5.91 Å². The summed E-state index contributed by atoms with van der Waals surface area (Å²) in [4.78, 5) is 20.8. The van der Waals surface area contributed by atoms with Crippen molar-refractivity contribution < 1.29 is 4.79 Å². The second-order valence-corrected chi connectivity index (χ2v) is 6.88. The Labute approximate surface area is 153 Å². The summed E-state index contributed by atoms with van der Waals surface area (Å²) in [5.74, 6) is 1.06. The van der Waals surface area contributed by atoms with E-state index >= 15 is 0 Å². The van der Waals surface area contributed by atoms with E-state index in [0.29, 0.717) is 13.0 Å². The van der Waals surface area contributed by atoms with Gasteiger partial charge >= 0.3 is 0 Å². The highest BCUT2D eigenvalue weighted by atomic mass is 79.9. The average Bonchev–Trinajstić information content (AvgIpc) is 3.10. The van der Waals surface area contributed by atoms with Crippen molar-refractivity contribution in [2.24, 2.45) is 4.99 Å². The Morgan fingerprint density at radius 2 is 2.04 bits per heavy atom. The smallest absolute Gasteiger partial charge is 0.224 e. The van der Waals surface area contributed by atoms with Gasteiger partial charge in [0.05, 0.1) is 6.54 Å². The lowest BCUT2D eigenvalue weighted by atomic mass is 10.2. The van der Waals surface area contributed by atoms with E-state index in [1.54, 1.807) is 0 Å². The van der Waals surface area contributed by atoms with Crippen molar-refractivity contribution in [2.45, 2.75) is 32.7 Å². The number of nitrogens with zero attached hydrogens (tertiary/aromatic N) is 3. The molecule has 6 heteroatoms. The van der Waals surface area contributed by atoms with Crippen molar-refractivity contribution in [3.63, 3.8) is 0 Å². The first kappa shape index (κ1) is 18.8. The van der Waals surface area contributed by atoms with E-state index in [4.69, 9.17) is 0 Å². The van der Waals surface area contributed by atoms with Gasteiger partial charge in [0.25, 0.3) is 0 Å². The van der Waals surface area contributed by atoms with Gasteiger partial charge < -0.3 is 15.1 Å². The van der Waals surface area contributed by atoms with Crippen LogP contribution in [0.3, 0.4) is 0 Å². The zero-order valence-electron chi connectivity index (χ0n) is 14.6. The Morgan fingerprint density at radius 1 is 1.33 bits per heavy atom. The molecular formula is C18H27BrN4O. The van der Waals surface area contributed by atoms with E-state index in [1.165, 1.54) is 5.56 Å². The number of carbonyl (C=O) groups excluding carboxylic acids is 1. The molecule has 132 valence electrons. The van der Waals surface area contributed by atoms with Crippen LogP contribution in [0.4, 0.5) is 0 Å². The van der Waals surface area contributed by atoms with Gasteiger partial charge in [0, 0.05) is 44.1 Å². The van der Waals surface area contributed by atoms with Gasteiger partial charge in [-0.05, 0) is 31.4 Å². The first-order chi connectivity index (χ1) is 11.6. The summed E-state index contributed by atoms with van der Waals surface area (Å²) >= 11 is 3.59. The normalized spacial score (nSPS) is 14.8. The monoisotopic (exact) mass is 394 g/mol. The lowest BCUT2D eigenvalue weighted by Crippen LogP contribution is -2.38. The number of rotatable bonds is 6. The Hall–Kier alpha value is -1.56. The number of carbonyl (C=O) groups is 1. The molecule has 1 aromatic rings. The molecule has 0 spiro atoms. The van der Waals surface area contributed by atoms with Crippen LogP contribution in [-0.4, -0.2) is 54.9 Å². The fourth-order valence-corrected chi connectivity index (χ4v) is 3.22. The van der Waals surface area contributed by atoms with E-state index in [2.05, 4.69) is 44.1 Å². The number of guanidine groups is 1. The van der Waals surface area contributed by atoms with Crippen molar-refractivity contribution in [2.75, 3.05) is 33.2 Å². The number of amides is 1. The molecule has 0 unspecified atom stereocenters. The third kappa shape index (κ3) is 5.51. The van der Waals surface area contributed by atoms with Gasteiger partial charge in [-0.15, -0.1) is 0 Å². The number of likely N-dealkylation sites (tertiary alicyclic amines) is 1. The average molecular weight is 395 g/mol. The Kier molecular flexibility index (Phi) is 7.56. The van der Waals surface area contributed by atoms with Gasteiger partial charge in [-0.2, -0.15) is 0 Å². The van der Waals surface area contributed by atoms with Crippen LogP contribution in [0, 0.1) is 0 Å². The zero-order chi connectivity index (χ0) is 17.4. The quantitative estimate of drug-likeness (QED) is 0.595. The van der Waals surface area contributed by atoms with E-state index in [0.717, 1.165) is 49.5 Å². The third-order valence-corrected chi connectivity index (χ3v) is 4.88. The minimum absolute atomic E-state index is 0.223. The number of hydrogen-bond acceptors (Lipinski definition) is 2. The molecule has 0 radical (unpaired) electrons. The number of aliphatic imine (C=N–C) groups is 1. The van der Waals surface area contributed by atoms with Crippen LogP contribution in [0.2, 0.25) is 0 Å². The summed E-state index contributed by atoms with van der Waals surface area (Å²) in [6.07, 6.45) is 2.75. The van der Waals surface area contributed by atoms with Gasteiger partial charge in [0.1, 0.15) is 0 Å². The topological polar surface area (TPSA) is 47.9 Å². The molecule has 0 aromatic heterocycles. The SMILES string of the molecule is CCNC(=NCCC(=O)N1CCCC1)N(C)Cc1ccccc1Br. The molecule has 1 fully saturated rings. The molecule has 0 atom stereocenters. The van der Waals surface area contributed by atoms with Crippen molar-refractivity contribution >= 4 is 27.8 Å². The highest BCUT2D eigenvalue weighted by Crippen LogP contribution is 2.17. The largest absolute Gasteiger partial charge is 0.357 e. The summed E-state index contributed by atoms with van der Waals surface area (Å²) in [5.41, 5.74) is 1.21. The van der Waals surface area contributed by atoms with Crippen molar-refractivity contribution in [1.82, 2.24) is 15.1 Å². The predicted octanol–water partition coefficient (Wildman–Crippen LogP) is 2.86. The van der Waals surface area contributed by atoms with Crippen LogP contribution in [0.1, 0.15) is 31.7 Å². The van der Waals surface area contributed by atoms with E-state index in [-0.39, 0.29) is 5.91 Å². The molecule has 1 aliphatic rings. The first-order valence-electron chi connectivity index (χ1n) is 8.62. The molecule has 1 heterocycles. The van der Waals surface area contributed by atoms with Crippen LogP contribution >= 0.6 is 15.9 Å². The van der Waals surface area contributed by atoms with Crippen molar-refractivity contribution in [1.29, 1.82) is 0 Å². The van der Waals surface area contributed by atoms with Gasteiger partial charge in [-0.25, -0.2) is 0 Å². The van der Waals surface area contributed by atoms with E-state index in [9.17, 15) is 4.79 Å². The maximum atomic E-state index is 12.1. The molecule has 0 aliphatic carbocycles. The number of hydrogen-bond donors (Lipinski definition) is 1. The van der Waals surface area contributed by atoms with Crippen LogP contribution in [0.15, 0.2) is 33.7 Å². The van der Waals surface area contributed by atoms with Gasteiger partial charge in [-0.3, -0.25) is 9.79 Å². The maximum Gasteiger partial charge on any atom is 0.224 e. The summed E-state index contributed by atoms with van der Waals surface area (Å²) in [5, 5.41) is 3.30. The molecule has 0 saturated carbocycles. The van der Waals surface area contributed by atoms with E-state index < -0.39 is 0 Å². The standard InChI is InChI=1S/C18H27BrN4O/c1-3-20-18(21-11-10-17(24)23-12-6-7-13-23)22(2)14-15-8-4-5-9-16(15)19/h4-5,8-9H,3,6-7,10-14H2,1-2H3,(H,20,21). The lowest BCUT2D eigenvalue weighted by molar-refractivity contribution is -0.129. The van der Waals surface area contributed by atoms with Gasteiger partial charge in [0.15, 0.2) is 5.96 Å². The molecule has 24 heavy (non-hydrogen) atoms. The number of benzene rings is 1. The molecule has 1 aromatic carbocycles. The minimum Gasteiger partial charge on any atom is -0.357 e. The highest BCUT2D eigenvalue weighted by Gasteiger charge is 2.17. The Morgan fingerprint density at radius 3 is 2.71 bits per heavy atom. The van der Waals surface area contributed by atoms with Crippen molar-refractivity contribution in [3.05, 3.63) is 34.3 Å². The Bertz CT molecular complexity index is 570. The molecule has 0 bridgehead atoms. The number of nitrogens with one attached hydrogen (secondary N) is 1. The summed E-state index contributed by atoms with van der Waals surface area (Å²) < 4.78 is 1.09. The zero-order valence-corrected chi connectivity index (χ0v) is 16.2. The number of halogens is 1. The van der Waals surface area contributed by atoms with E-state index in [1.807, 2.05) is 30.1 Å². The maximum absolute atomic E-state index is 12.1. The molecule has 5 nitrogen and oxygen atoms in total. The fourth-order valence-electron chi connectivity index (χ4n) is 2.81. The predicted molar refractivity (Wildman–Crippen MR) is 102 cm³/mol. The summed E-state index contributed by atoms with van der Waals surface area (Å²) in [7, 11) is 2.02. The van der Waals surface area contributed by atoms with Crippen molar-refractivity contribution in [3.8, 4) is 0 Å². The van der Waals surface area contributed by atoms with Crippen LogP contribution < -0.4 is 5.32 Å². The second kappa shape index (κ2) is 9.67. The fraction of sp³-hybridized carbons (Fsp3) is 0.556. The minimum atomic E-state index is 0.223. The molecule has 1 N–H and O–H groups in total. The van der Waals surface area contributed by atoms with Crippen LogP contribution in [-0.2, 0) is 11.3 Å². The third-order valence-electron chi connectivity index (χ3n) is 4.11. The lowest BCUT2D eigenvalue weighted by Gasteiger charge is -2.23.